The molecule has 1 aliphatic carbocycles. The van der Waals surface area contributed by atoms with E-state index in [9.17, 15) is 9.18 Å². The number of carbonyl (C=O) groups is 1. The van der Waals surface area contributed by atoms with Gasteiger partial charge in [-0.15, -0.1) is 12.4 Å². The van der Waals surface area contributed by atoms with Crippen molar-refractivity contribution in [3.05, 3.63) is 65.7 Å². The van der Waals surface area contributed by atoms with Gasteiger partial charge in [0, 0.05) is 11.3 Å². The first-order chi connectivity index (χ1) is 13.1. The molecule has 1 saturated carbocycles. The maximum absolute atomic E-state index is 13.6. The lowest BCUT2D eigenvalue weighted by Crippen LogP contribution is -2.46. The summed E-state index contributed by atoms with van der Waals surface area (Å²) in [6, 6.07) is 13.6. The van der Waals surface area contributed by atoms with E-state index in [0.717, 1.165) is 30.4 Å². The van der Waals surface area contributed by atoms with Gasteiger partial charge >= 0.3 is 0 Å². The quantitative estimate of drug-likeness (QED) is 0.609. The maximum Gasteiger partial charge on any atom is 0.235 e. The number of amides is 1. The van der Waals surface area contributed by atoms with Crippen LogP contribution in [0.25, 0.3) is 11.4 Å². The molecule has 8 heteroatoms. The Morgan fingerprint density at radius 2 is 1.96 bits per heavy atom. The van der Waals surface area contributed by atoms with Crippen LogP contribution in [-0.4, -0.2) is 21.1 Å². The summed E-state index contributed by atoms with van der Waals surface area (Å²) in [6.07, 6.45) is 2.40. The van der Waals surface area contributed by atoms with Gasteiger partial charge in [-0.25, -0.2) is 9.37 Å². The van der Waals surface area contributed by atoms with E-state index in [-0.39, 0.29) is 24.1 Å². The van der Waals surface area contributed by atoms with Crippen molar-refractivity contribution in [1.82, 2.24) is 15.2 Å². The maximum atomic E-state index is 13.6. The van der Waals surface area contributed by atoms with Gasteiger partial charge in [0.15, 0.2) is 5.82 Å². The van der Waals surface area contributed by atoms with Crippen LogP contribution in [0.5, 0.6) is 0 Å². The zero-order chi connectivity index (χ0) is 18.9. The van der Waals surface area contributed by atoms with Gasteiger partial charge in [-0.1, -0.05) is 18.6 Å². The number of halogens is 2. The highest BCUT2D eigenvalue weighted by Crippen LogP contribution is 2.44. The van der Waals surface area contributed by atoms with Crippen LogP contribution in [0.4, 0.5) is 10.1 Å². The van der Waals surface area contributed by atoms with Crippen LogP contribution in [0.3, 0.4) is 0 Å². The summed E-state index contributed by atoms with van der Waals surface area (Å²) in [7, 11) is 0. The number of aromatic nitrogens is 3. The van der Waals surface area contributed by atoms with E-state index in [4.69, 9.17) is 5.73 Å². The Labute approximate surface area is 168 Å². The molecule has 4 rings (SSSR count). The van der Waals surface area contributed by atoms with Crippen molar-refractivity contribution in [2.45, 2.75) is 31.2 Å². The largest absolute Gasteiger partial charge is 0.325 e. The van der Waals surface area contributed by atoms with Crippen LogP contribution < -0.4 is 11.1 Å². The predicted molar refractivity (Wildman–Crippen MR) is 108 cm³/mol. The fourth-order valence-corrected chi connectivity index (χ4v) is 3.43. The molecule has 28 heavy (non-hydrogen) atoms. The van der Waals surface area contributed by atoms with Crippen LogP contribution in [0.1, 0.15) is 30.7 Å². The normalized spacial score (nSPS) is 14.6. The molecule has 1 fully saturated rings. The first-order valence-electron chi connectivity index (χ1n) is 8.90. The molecule has 0 unspecified atom stereocenters. The second-order valence-corrected chi connectivity index (χ2v) is 6.79. The van der Waals surface area contributed by atoms with Gasteiger partial charge in [0.25, 0.3) is 0 Å². The van der Waals surface area contributed by atoms with Crippen molar-refractivity contribution in [1.29, 1.82) is 0 Å². The second kappa shape index (κ2) is 8.08. The minimum absolute atomic E-state index is 0. The van der Waals surface area contributed by atoms with Gasteiger partial charge in [-0.3, -0.25) is 9.89 Å². The van der Waals surface area contributed by atoms with E-state index in [1.807, 2.05) is 30.3 Å². The molecule has 1 heterocycles. The molecule has 4 N–H and O–H groups in total. The molecule has 1 aliphatic rings. The Bertz CT molecular complexity index is 969. The van der Waals surface area contributed by atoms with E-state index >= 15 is 0 Å². The monoisotopic (exact) mass is 401 g/mol. The molecule has 6 nitrogen and oxygen atoms in total. The molecule has 0 saturated heterocycles. The minimum atomic E-state index is -0.652. The van der Waals surface area contributed by atoms with Crippen molar-refractivity contribution in [3.8, 4) is 11.4 Å². The van der Waals surface area contributed by atoms with Crippen molar-refractivity contribution in [3.63, 3.8) is 0 Å². The zero-order valence-corrected chi connectivity index (χ0v) is 15.9. The molecule has 0 bridgehead atoms. The number of hydrogen-bond donors (Lipinski definition) is 3. The number of H-pyrrole nitrogens is 1. The summed E-state index contributed by atoms with van der Waals surface area (Å²) in [6.45, 7) is 0.295. The standard InChI is InChI=1S/C20H20FN5O.ClH/c21-15-4-1-3-14(11-15)20(9-2-10-20)19(27)23-16-7-5-13(6-8-16)18-24-17(12-22)25-26-18;/h1,3-8,11H,2,9-10,12,22H2,(H,23,27)(H,24,25,26);1H. The van der Waals surface area contributed by atoms with Gasteiger partial charge in [-0.2, -0.15) is 5.10 Å². The predicted octanol–water partition coefficient (Wildman–Crippen LogP) is 3.55. The lowest BCUT2D eigenvalue weighted by atomic mass is 9.63. The van der Waals surface area contributed by atoms with Crippen molar-refractivity contribution >= 4 is 24.0 Å². The Balaban J connectivity index is 0.00000225. The molecule has 3 aromatic rings. The Kier molecular flexibility index (Phi) is 5.76. The first-order valence-corrected chi connectivity index (χ1v) is 8.90. The van der Waals surface area contributed by atoms with Gasteiger partial charge in [-0.05, 0) is 54.8 Å². The molecule has 1 amide bonds. The number of nitrogens with zero attached hydrogens (tertiary/aromatic N) is 2. The molecular formula is C20H21ClFN5O. The van der Waals surface area contributed by atoms with Crippen molar-refractivity contribution in [2.24, 2.45) is 5.73 Å². The van der Waals surface area contributed by atoms with E-state index in [1.165, 1.54) is 12.1 Å². The van der Waals surface area contributed by atoms with Crippen LogP contribution in [0.2, 0.25) is 0 Å². The lowest BCUT2D eigenvalue weighted by molar-refractivity contribution is -0.124. The first kappa shape index (κ1) is 20.0. The van der Waals surface area contributed by atoms with Crippen LogP contribution >= 0.6 is 12.4 Å². The molecule has 0 spiro atoms. The summed E-state index contributed by atoms with van der Waals surface area (Å²) < 4.78 is 13.6. The van der Waals surface area contributed by atoms with Crippen molar-refractivity contribution in [2.75, 3.05) is 5.32 Å². The number of nitrogens with one attached hydrogen (secondary N) is 2. The van der Waals surface area contributed by atoms with Crippen LogP contribution in [0.15, 0.2) is 48.5 Å². The number of benzene rings is 2. The number of anilines is 1. The number of hydrogen-bond acceptors (Lipinski definition) is 4. The third-order valence-electron chi connectivity index (χ3n) is 5.14. The summed E-state index contributed by atoms with van der Waals surface area (Å²) in [4.78, 5) is 17.2. The number of aromatic amines is 1. The number of nitrogens with two attached hydrogens (primary N) is 1. The summed E-state index contributed by atoms with van der Waals surface area (Å²) >= 11 is 0. The van der Waals surface area contributed by atoms with E-state index in [0.29, 0.717) is 23.9 Å². The van der Waals surface area contributed by atoms with Gasteiger partial charge < -0.3 is 11.1 Å². The third kappa shape index (κ3) is 3.63. The smallest absolute Gasteiger partial charge is 0.235 e. The van der Waals surface area contributed by atoms with Crippen molar-refractivity contribution < 1.29 is 9.18 Å². The summed E-state index contributed by atoms with van der Waals surface area (Å²) in [5.74, 6) is 0.752. The zero-order valence-electron chi connectivity index (χ0n) is 15.1. The molecule has 0 radical (unpaired) electrons. The highest BCUT2D eigenvalue weighted by Gasteiger charge is 2.45. The number of carbonyl (C=O) groups excluding carboxylic acids is 1. The van der Waals surface area contributed by atoms with E-state index in [2.05, 4.69) is 20.5 Å². The molecule has 146 valence electrons. The third-order valence-corrected chi connectivity index (χ3v) is 5.14. The van der Waals surface area contributed by atoms with E-state index in [1.54, 1.807) is 6.07 Å². The highest BCUT2D eigenvalue weighted by atomic mass is 35.5. The topological polar surface area (TPSA) is 96.7 Å². The SMILES string of the molecule is Cl.NCc1nc(-c2ccc(NC(=O)C3(c4cccc(F)c4)CCC3)cc2)n[nH]1. The van der Waals surface area contributed by atoms with E-state index < -0.39 is 5.41 Å². The van der Waals surface area contributed by atoms with Gasteiger partial charge in [0.05, 0.1) is 12.0 Å². The fourth-order valence-electron chi connectivity index (χ4n) is 3.43. The minimum Gasteiger partial charge on any atom is -0.325 e. The Morgan fingerprint density at radius 1 is 1.21 bits per heavy atom. The molecule has 2 aromatic carbocycles. The lowest BCUT2D eigenvalue weighted by Gasteiger charge is -2.40. The molecule has 0 aliphatic heterocycles. The fraction of sp³-hybridized carbons (Fsp3) is 0.250. The average Bonchev–Trinajstić information content (AvgIpc) is 3.11. The Hall–Kier alpha value is -2.77. The van der Waals surface area contributed by atoms with Gasteiger partial charge in [0.1, 0.15) is 11.6 Å². The number of rotatable bonds is 5. The molecule has 0 atom stereocenters. The summed E-state index contributed by atoms with van der Waals surface area (Å²) in [5, 5.41) is 9.86. The Morgan fingerprint density at radius 3 is 2.54 bits per heavy atom. The average molecular weight is 402 g/mol. The highest BCUT2D eigenvalue weighted by molar-refractivity contribution is 6.00. The second-order valence-electron chi connectivity index (χ2n) is 6.79. The van der Waals surface area contributed by atoms with Crippen LogP contribution in [0, 0.1) is 5.82 Å². The molecular weight excluding hydrogens is 381 g/mol. The molecule has 1 aromatic heterocycles. The summed E-state index contributed by atoms with van der Waals surface area (Å²) in [5.41, 5.74) is 7.12. The van der Waals surface area contributed by atoms with Gasteiger partial charge in [0.2, 0.25) is 5.91 Å². The van der Waals surface area contributed by atoms with Crippen LogP contribution in [-0.2, 0) is 16.8 Å².